The third kappa shape index (κ3) is 3.64. The van der Waals surface area contributed by atoms with E-state index >= 15 is 0 Å². The van der Waals surface area contributed by atoms with Gasteiger partial charge in [0.2, 0.25) is 5.91 Å². The van der Waals surface area contributed by atoms with Crippen LogP contribution in [0.5, 0.6) is 0 Å². The van der Waals surface area contributed by atoms with Gasteiger partial charge in [-0.3, -0.25) is 14.5 Å². The van der Waals surface area contributed by atoms with Crippen molar-refractivity contribution in [3.63, 3.8) is 0 Å². The molecule has 2 amide bonds. The molecule has 1 aliphatic rings. The van der Waals surface area contributed by atoms with Gasteiger partial charge in [-0.15, -0.1) is 0 Å². The first kappa shape index (κ1) is 18.3. The number of benzene rings is 2. The highest BCUT2D eigenvalue weighted by atomic mass is 32.2. The normalized spacial score (nSPS) is 12.8. The number of hydrogen-bond acceptors (Lipinski definition) is 4. The predicted octanol–water partition coefficient (Wildman–Crippen LogP) is 3.85. The molecule has 28 heavy (non-hydrogen) atoms. The fraction of sp³-hybridized carbons (Fsp3) is 0.136. The maximum atomic E-state index is 13.2. The molecule has 140 valence electrons. The van der Waals surface area contributed by atoms with Crippen LogP contribution < -0.4 is 4.90 Å². The fourth-order valence-corrected chi connectivity index (χ4v) is 4.13. The smallest absolute Gasteiger partial charge is 0.259 e. The Morgan fingerprint density at radius 2 is 1.79 bits per heavy atom. The lowest BCUT2D eigenvalue weighted by Gasteiger charge is -2.25. The minimum Gasteiger partial charge on any atom is -0.340 e. The summed E-state index contributed by atoms with van der Waals surface area (Å²) >= 11 is 1.45. The third-order valence-corrected chi connectivity index (χ3v) is 5.68. The van der Waals surface area contributed by atoms with Crippen LogP contribution in [0.15, 0.2) is 82.8 Å². The van der Waals surface area contributed by atoms with Crippen LogP contribution in [0.25, 0.3) is 0 Å². The Kier molecular flexibility index (Phi) is 5.12. The van der Waals surface area contributed by atoms with E-state index in [0.29, 0.717) is 17.8 Å². The lowest BCUT2D eigenvalue weighted by Crippen LogP contribution is -2.41. The Hall–Kier alpha value is -3.12. The number of aromatic nitrogens is 1. The van der Waals surface area contributed by atoms with Crippen molar-refractivity contribution in [2.45, 2.75) is 16.5 Å². The summed E-state index contributed by atoms with van der Waals surface area (Å²) in [4.78, 5) is 34.6. The molecule has 0 N–H and O–H groups in total. The van der Waals surface area contributed by atoms with Crippen LogP contribution in [0.1, 0.15) is 15.9 Å². The zero-order chi connectivity index (χ0) is 19.5. The summed E-state index contributed by atoms with van der Waals surface area (Å²) in [6, 6.07) is 20.9. The van der Waals surface area contributed by atoms with Crippen LogP contribution in [0.3, 0.4) is 0 Å². The molecule has 0 unspecified atom stereocenters. The summed E-state index contributed by atoms with van der Waals surface area (Å²) in [7, 11) is 1.75. The average molecular weight is 389 g/mol. The van der Waals surface area contributed by atoms with Gasteiger partial charge in [-0.25, -0.2) is 4.98 Å². The van der Waals surface area contributed by atoms with Crippen LogP contribution in [0.2, 0.25) is 0 Å². The molecule has 1 aromatic heterocycles. The van der Waals surface area contributed by atoms with Gasteiger partial charge in [-0.05, 0) is 29.8 Å². The van der Waals surface area contributed by atoms with E-state index in [4.69, 9.17) is 0 Å². The molecule has 2 heterocycles. The molecule has 0 radical (unpaired) electrons. The van der Waals surface area contributed by atoms with Gasteiger partial charge >= 0.3 is 0 Å². The van der Waals surface area contributed by atoms with E-state index < -0.39 is 0 Å². The number of hydrogen-bond donors (Lipinski definition) is 0. The number of nitrogens with zero attached hydrogens (tertiary/aromatic N) is 3. The largest absolute Gasteiger partial charge is 0.340 e. The van der Waals surface area contributed by atoms with Crippen molar-refractivity contribution < 1.29 is 9.59 Å². The molecule has 0 saturated carbocycles. The van der Waals surface area contributed by atoms with E-state index in [0.717, 1.165) is 15.5 Å². The van der Waals surface area contributed by atoms with E-state index in [9.17, 15) is 9.59 Å². The van der Waals surface area contributed by atoms with Gasteiger partial charge in [0.05, 0.1) is 11.3 Å². The Balaban J connectivity index is 1.62. The highest BCUT2D eigenvalue weighted by molar-refractivity contribution is 7.99. The fourth-order valence-electron chi connectivity index (χ4n) is 3.12. The molecule has 6 heteroatoms. The van der Waals surface area contributed by atoms with Crippen LogP contribution in [0, 0.1) is 0 Å². The average Bonchev–Trinajstić information content (AvgIpc) is 2.84. The predicted molar refractivity (Wildman–Crippen MR) is 109 cm³/mol. The van der Waals surface area contributed by atoms with E-state index in [2.05, 4.69) is 4.98 Å². The van der Waals surface area contributed by atoms with Crippen LogP contribution in [-0.2, 0) is 11.3 Å². The Morgan fingerprint density at radius 1 is 1.04 bits per heavy atom. The maximum absolute atomic E-state index is 13.2. The van der Waals surface area contributed by atoms with E-state index in [1.807, 2.05) is 54.6 Å². The van der Waals surface area contributed by atoms with Crippen molar-refractivity contribution in [1.29, 1.82) is 0 Å². The number of fused-ring (bicyclic) bond motifs is 2. The number of likely N-dealkylation sites (N-methyl/N-ethyl adjacent to an activating group) is 1. The number of amides is 2. The molecule has 3 aromatic rings. The molecule has 0 aliphatic carbocycles. The van der Waals surface area contributed by atoms with Crippen molar-refractivity contribution >= 4 is 29.3 Å². The van der Waals surface area contributed by atoms with E-state index in [1.54, 1.807) is 30.3 Å². The van der Waals surface area contributed by atoms with E-state index in [-0.39, 0.29) is 18.4 Å². The van der Waals surface area contributed by atoms with Gasteiger partial charge in [-0.1, -0.05) is 54.2 Å². The number of rotatable bonds is 4. The second-order valence-corrected chi connectivity index (χ2v) is 7.58. The van der Waals surface area contributed by atoms with E-state index in [1.165, 1.54) is 16.7 Å². The molecular formula is C22H19N3O2S. The zero-order valence-corrected chi connectivity index (χ0v) is 16.2. The number of carbonyl (C=O) groups is 2. The Bertz CT molecular complexity index is 1020. The molecule has 0 fully saturated rings. The highest BCUT2D eigenvalue weighted by Crippen LogP contribution is 2.39. The number of pyridine rings is 1. The number of carbonyl (C=O) groups excluding carboxylic acids is 2. The van der Waals surface area contributed by atoms with Gasteiger partial charge in [0.15, 0.2) is 0 Å². The minimum absolute atomic E-state index is 0.0320. The van der Waals surface area contributed by atoms with Crippen molar-refractivity contribution in [2.24, 2.45) is 0 Å². The van der Waals surface area contributed by atoms with Gasteiger partial charge in [-0.2, -0.15) is 0 Å². The molecule has 0 saturated heterocycles. The molecule has 2 aromatic carbocycles. The van der Waals surface area contributed by atoms with Crippen LogP contribution in [0.4, 0.5) is 5.69 Å². The topological polar surface area (TPSA) is 53.5 Å². The summed E-state index contributed by atoms with van der Waals surface area (Å²) in [6.45, 7) is 0.461. The quantitative estimate of drug-likeness (QED) is 0.680. The lowest BCUT2D eigenvalue weighted by molar-refractivity contribution is -0.128. The molecule has 5 nitrogen and oxygen atoms in total. The van der Waals surface area contributed by atoms with Crippen molar-refractivity contribution in [3.8, 4) is 0 Å². The van der Waals surface area contributed by atoms with Gasteiger partial charge in [0.25, 0.3) is 5.91 Å². The first-order valence-corrected chi connectivity index (χ1v) is 9.77. The molecule has 0 spiro atoms. The van der Waals surface area contributed by atoms with Gasteiger partial charge in [0, 0.05) is 24.7 Å². The van der Waals surface area contributed by atoms with Crippen LogP contribution >= 0.6 is 11.8 Å². The van der Waals surface area contributed by atoms with Crippen molar-refractivity contribution in [3.05, 3.63) is 84.1 Å². The first-order chi connectivity index (χ1) is 13.6. The van der Waals surface area contributed by atoms with Gasteiger partial charge < -0.3 is 4.90 Å². The molecule has 1 aliphatic heterocycles. The summed E-state index contributed by atoms with van der Waals surface area (Å²) < 4.78 is 0. The first-order valence-electron chi connectivity index (χ1n) is 8.95. The summed E-state index contributed by atoms with van der Waals surface area (Å²) in [5.41, 5.74) is 2.29. The SMILES string of the molecule is CN(Cc1ccccc1)C(=O)CN1C(=O)c2ccccc2Sc2ncccc21. The minimum atomic E-state index is -0.184. The monoisotopic (exact) mass is 389 g/mol. The molecule has 0 atom stereocenters. The molecule has 4 rings (SSSR count). The molecular weight excluding hydrogens is 370 g/mol. The summed E-state index contributed by atoms with van der Waals surface area (Å²) in [5.74, 6) is -0.312. The second-order valence-electron chi connectivity index (χ2n) is 6.55. The lowest BCUT2D eigenvalue weighted by atomic mass is 10.2. The van der Waals surface area contributed by atoms with Crippen LogP contribution in [-0.4, -0.2) is 35.3 Å². The van der Waals surface area contributed by atoms with Crippen molar-refractivity contribution in [2.75, 3.05) is 18.5 Å². The second kappa shape index (κ2) is 7.86. The standard InChI is InChI=1S/C22H19N3O2S/c1-24(14-16-8-3-2-4-9-16)20(26)15-25-18-11-7-13-23-21(18)28-19-12-6-5-10-17(19)22(25)27/h2-13H,14-15H2,1H3. The Labute approximate surface area is 168 Å². The summed E-state index contributed by atoms with van der Waals surface area (Å²) in [6.07, 6.45) is 1.70. The third-order valence-electron chi connectivity index (χ3n) is 4.59. The molecule has 0 bridgehead atoms. The Morgan fingerprint density at radius 3 is 2.61 bits per heavy atom. The number of anilines is 1. The summed E-state index contributed by atoms with van der Waals surface area (Å²) in [5, 5.41) is 0.722. The van der Waals surface area contributed by atoms with Gasteiger partial charge in [0.1, 0.15) is 11.6 Å². The highest BCUT2D eigenvalue weighted by Gasteiger charge is 2.30. The maximum Gasteiger partial charge on any atom is 0.259 e. The zero-order valence-electron chi connectivity index (χ0n) is 15.4. The van der Waals surface area contributed by atoms with Crippen molar-refractivity contribution in [1.82, 2.24) is 9.88 Å².